The number of rotatable bonds is 12. The molecule has 3 aromatic carbocycles. The number of hydroxylamine groups is 1. The van der Waals surface area contributed by atoms with Crippen LogP contribution in [-0.2, 0) is 21.6 Å². The number of nitrogens with one attached hydrogen (secondary N) is 4. The third kappa shape index (κ3) is 6.77. The average Bonchev–Trinajstić information content (AvgIpc) is 3.31. The zero-order valence-electron chi connectivity index (χ0n) is 22.0. The van der Waals surface area contributed by atoms with Crippen molar-refractivity contribution in [3.63, 3.8) is 0 Å². The van der Waals surface area contributed by atoms with E-state index in [4.69, 9.17) is 9.94 Å². The molecule has 11 nitrogen and oxygen atoms in total. The van der Waals surface area contributed by atoms with Gasteiger partial charge in [0, 0.05) is 12.1 Å². The van der Waals surface area contributed by atoms with Gasteiger partial charge in [0.2, 0.25) is 0 Å². The van der Waals surface area contributed by atoms with Crippen molar-refractivity contribution in [2.24, 2.45) is 0 Å². The van der Waals surface area contributed by atoms with Crippen LogP contribution in [0.3, 0.4) is 0 Å². The third-order valence-corrected chi connectivity index (χ3v) is 7.00. The van der Waals surface area contributed by atoms with E-state index >= 15 is 8.78 Å². The van der Waals surface area contributed by atoms with Crippen LogP contribution in [0.5, 0.6) is 0 Å². The fraction of sp³-hybridized carbons (Fsp3) is 0.231. The van der Waals surface area contributed by atoms with E-state index in [1.807, 2.05) is 0 Å². The summed E-state index contributed by atoms with van der Waals surface area (Å²) < 4.78 is 75.5. The topological polar surface area (TPSA) is 147 Å². The summed E-state index contributed by atoms with van der Waals surface area (Å²) >= 11 is 0. The number of carbonyl (C=O) groups is 1. The highest BCUT2D eigenvalue weighted by Crippen LogP contribution is 2.32. The van der Waals surface area contributed by atoms with E-state index in [1.165, 1.54) is 47.3 Å². The molecule has 0 radical (unpaired) electrons. The zero-order chi connectivity index (χ0) is 29.7. The molecule has 4 rings (SSSR count). The van der Waals surface area contributed by atoms with Gasteiger partial charge in [0.1, 0.15) is 11.3 Å². The van der Waals surface area contributed by atoms with Gasteiger partial charge in [0.05, 0.1) is 54.2 Å². The molecule has 218 valence electrons. The molecule has 4 aromatic rings. The van der Waals surface area contributed by atoms with Gasteiger partial charge in [-0.05, 0) is 36.8 Å². The first-order chi connectivity index (χ1) is 19.5. The highest BCUT2D eigenvalue weighted by atomic mass is 32.2. The Hall–Kier alpha value is -4.18. The Morgan fingerprint density at radius 2 is 1.88 bits per heavy atom. The van der Waals surface area contributed by atoms with Gasteiger partial charge >= 0.3 is 0 Å². The number of hydrogen-bond donors (Lipinski definition) is 5. The average molecular weight is 593 g/mol. The fourth-order valence-electron chi connectivity index (χ4n) is 3.99. The number of anilines is 3. The molecule has 0 atom stereocenters. The molecule has 1 amide bonds. The summed E-state index contributed by atoms with van der Waals surface area (Å²) in [4.78, 5) is 21.9. The first-order valence-electron chi connectivity index (χ1n) is 12.3. The quantitative estimate of drug-likeness (QED) is 0.125. The van der Waals surface area contributed by atoms with Crippen molar-refractivity contribution in [1.82, 2.24) is 19.8 Å². The first kappa shape index (κ1) is 29.8. The molecule has 0 unspecified atom stereocenters. The van der Waals surface area contributed by atoms with E-state index in [1.54, 1.807) is 19.9 Å². The zero-order valence-corrected chi connectivity index (χ0v) is 22.8. The number of aromatic nitrogens is 2. The van der Waals surface area contributed by atoms with Crippen LogP contribution in [0.15, 0.2) is 48.8 Å². The van der Waals surface area contributed by atoms with Gasteiger partial charge in [-0.3, -0.25) is 14.4 Å². The number of aliphatic hydroxyl groups is 1. The molecule has 0 bridgehead atoms. The molecule has 0 spiro atoms. The standard InChI is InChI=1S/C26H27F3N6O5S/c1-3-31-41(38,39)34-20-6-4-5-16(22(20)28)13-35-14-30-25-21(35)12-17(26(37)33-40-10-9-36)24(23(25)29)32-19-8-7-15(2)11-18(19)27/h4-8,11-12,14,31-32,34,36H,3,9-10,13H2,1-2H3,(H,33,37). The highest BCUT2D eigenvalue weighted by Gasteiger charge is 2.24. The normalized spacial score (nSPS) is 11.6. The molecule has 1 aromatic heterocycles. The molecule has 0 saturated carbocycles. The summed E-state index contributed by atoms with van der Waals surface area (Å²) in [5.74, 6) is -3.44. The van der Waals surface area contributed by atoms with Gasteiger partial charge in [0.25, 0.3) is 16.1 Å². The van der Waals surface area contributed by atoms with Crippen molar-refractivity contribution < 1.29 is 36.3 Å². The lowest BCUT2D eigenvalue weighted by Crippen LogP contribution is -2.30. The monoisotopic (exact) mass is 592 g/mol. The molecule has 0 fully saturated rings. The van der Waals surface area contributed by atoms with Crippen LogP contribution in [-0.4, -0.2) is 48.7 Å². The summed E-state index contributed by atoms with van der Waals surface area (Å²) in [6.45, 7) is 2.50. The van der Waals surface area contributed by atoms with Crippen LogP contribution in [0.2, 0.25) is 0 Å². The molecule has 15 heteroatoms. The van der Waals surface area contributed by atoms with E-state index in [2.05, 4.69) is 25.2 Å². The Morgan fingerprint density at radius 1 is 1.10 bits per heavy atom. The number of hydrogen-bond acceptors (Lipinski definition) is 7. The summed E-state index contributed by atoms with van der Waals surface area (Å²) in [5, 5.41) is 11.6. The number of fused-ring (bicyclic) bond motifs is 1. The van der Waals surface area contributed by atoms with Crippen molar-refractivity contribution >= 4 is 44.2 Å². The van der Waals surface area contributed by atoms with Crippen molar-refractivity contribution in [3.8, 4) is 0 Å². The van der Waals surface area contributed by atoms with E-state index in [0.29, 0.717) is 5.56 Å². The maximum atomic E-state index is 15.8. The Labute approximate surface area is 233 Å². The number of aliphatic hydroxyl groups excluding tert-OH is 1. The van der Waals surface area contributed by atoms with Gasteiger partial charge in [-0.25, -0.2) is 23.6 Å². The largest absolute Gasteiger partial charge is 0.394 e. The second kappa shape index (κ2) is 12.6. The Balaban J connectivity index is 1.76. The molecular weight excluding hydrogens is 565 g/mol. The SMILES string of the molecule is CCNS(=O)(=O)Nc1cccc(Cn2cnc3c(F)c(Nc4ccc(C)cc4F)c(C(=O)NOCCO)cc32)c1F. The number of imidazole rings is 1. The lowest BCUT2D eigenvalue weighted by molar-refractivity contribution is 0.0169. The maximum Gasteiger partial charge on any atom is 0.299 e. The predicted octanol–water partition coefficient (Wildman–Crippen LogP) is 3.47. The van der Waals surface area contributed by atoms with Crippen molar-refractivity contribution in [2.75, 3.05) is 29.8 Å². The number of aryl methyl sites for hydroxylation is 1. The number of amides is 1. The molecular formula is C26H27F3N6O5S. The second-order valence-corrected chi connectivity index (χ2v) is 10.3. The van der Waals surface area contributed by atoms with E-state index in [0.717, 1.165) is 0 Å². The van der Waals surface area contributed by atoms with Crippen LogP contribution in [0.1, 0.15) is 28.4 Å². The summed E-state index contributed by atoms with van der Waals surface area (Å²) in [5.41, 5.74) is 1.58. The van der Waals surface area contributed by atoms with Gasteiger partial charge in [-0.15, -0.1) is 0 Å². The second-order valence-electron chi connectivity index (χ2n) is 8.85. The minimum absolute atomic E-state index is 0.0441. The summed E-state index contributed by atoms with van der Waals surface area (Å²) in [7, 11) is -4.00. The minimum atomic E-state index is -4.00. The van der Waals surface area contributed by atoms with E-state index < -0.39 is 40.2 Å². The lowest BCUT2D eigenvalue weighted by Gasteiger charge is -2.16. The minimum Gasteiger partial charge on any atom is -0.394 e. The van der Waals surface area contributed by atoms with Gasteiger partial charge < -0.3 is 15.0 Å². The predicted molar refractivity (Wildman–Crippen MR) is 146 cm³/mol. The Morgan fingerprint density at radius 3 is 2.59 bits per heavy atom. The lowest BCUT2D eigenvalue weighted by atomic mass is 10.1. The molecule has 5 N–H and O–H groups in total. The number of carbonyl (C=O) groups excluding carboxylic acids is 1. The number of benzene rings is 3. The molecule has 0 aliphatic carbocycles. The Bertz CT molecular complexity index is 1700. The summed E-state index contributed by atoms with van der Waals surface area (Å²) in [6.07, 6.45) is 1.23. The van der Waals surface area contributed by atoms with Crippen LogP contribution < -0.4 is 20.2 Å². The number of halogens is 3. The molecule has 0 aliphatic heterocycles. The summed E-state index contributed by atoms with van der Waals surface area (Å²) in [6, 6.07) is 9.59. The van der Waals surface area contributed by atoms with Crippen molar-refractivity contribution in [3.05, 3.63) is 82.9 Å². The van der Waals surface area contributed by atoms with Crippen molar-refractivity contribution in [1.29, 1.82) is 0 Å². The smallest absolute Gasteiger partial charge is 0.299 e. The fourth-order valence-corrected chi connectivity index (χ4v) is 4.89. The van der Waals surface area contributed by atoms with Crippen LogP contribution in [0, 0.1) is 24.4 Å². The molecule has 0 aliphatic rings. The first-order valence-corrected chi connectivity index (χ1v) is 13.8. The number of nitrogens with zero attached hydrogens (tertiary/aromatic N) is 2. The van der Waals surface area contributed by atoms with Gasteiger partial charge in [-0.2, -0.15) is 13.1 Å². The van der Waals surface area contributed by atoms with Crippen LogP contribution in [0.25, 0.3) is 11.0 Å². The van der Waals surface area contributed by atoms with Crippen LogP contribution >= 0.6 is 0 Å². The molecule has 41 heavy (non-hydrogen) atoms. The van der Waals surface area contributed by atoms with Gasteiger partial charge in [-0.1, -0.05) is 25.1 Å². The third-order valence-electron chi connectivity index (χ3n) is 5.84. The highest BCUT2D eigenvalue weighted by molar-refractivity contribution is 7.90. The van der Waals surface area contributed by atoms with E-state index in [-0.39, 0.29) is 58.9 Å². The Kier molecular flexibility index (Phi) is 9.12. The van der Waals surface area contributed by atoms with Crippen molar-refractivity contribution in [2.45, 2.75) is 20.4 Å². The maximum absolute atomic E-state index is 15.8. The molecule has 1 heterocycles. The van der Waals surface area contributed by atoms with Crippen LogP contribution in [0.4, 0.5) is 30.2 Å². The van der Waals surface area contributed by atoms with Gasteiger partial charge in [0.15, 0.2) is 11.6 Å². The molecule has 0 saturated heterocycles. The van der Waals surface area contributed by atoms with E-state index in [9.17, 15) is 17.6 Å².